The van der Waals surface area contributed by atoms with Crippen molar-refractivity contribution in [1.29, 1.82) is 0 Å². The molecule has 264 valence electrons. The van der Waals surface area contributed by atoms with E-state index >= 15 is 0 Å². The Bertz CT molecular complexity index is 2020. The molecule has 4 heterocycles. The third kappa shape index (κ3) is 8.26. The first-order chi connectivity index (χ1) is 24.3. The number of nitrogens with one attached hydrogen (secondary N) is 3. The molecule has 1 unspecified atom stereocenters. The zero-order valence-electron chi connectivity index (χ0n) is 28.9. The lowest BCUT2D eigenvalue weighted by atomic mass is 10.0. The van der Waals surface area contributed by atoms with Crippen LogP contribution in [0.15, 0.2) is 84.4 Å². The summed E-state index contributed by atoms with van der Waals surface area (Å²) in [5.74, 6) is 0.487. The van der Waals surface area contributed by atoms with E-state index in [4.69, 9.17) is 4.74 Å². The normalized spacial score (nSPS) is 18.3. The Labute approximate surface area is 294 Å². The number of aromatic amines is 2. The van der Waals surface area contributed by atoms with Gasteiger partial charge in [0.15, 0.2) is 9.84 Å². The Morgan fingerprint density at radius 2 is 1.86 bits per heavy atom. The van der Waals surface area contributed by atoms with E-state index in [0.717, 1.165) is 48.9 Å². The highest BCUT2D eigenvalue weighted by Gasteiger charge is 2.25. The van der Waals surface area contributed by atoms with Crippen molar-refractivity contribution in [2.45, 2.75) is 55.5 Å². The highest BCUT2D eigenvalue weighted by molar-refractivity contribution is 7.91. The zero-order valence-corrected chi connectivity index (χ0v) is 29.7. The lowest BCUT2D eigenvalue weighted by Crippen LogP contribution is -2.40. The highest BCUT2D eigenvalue weighted by atomic mass is 32.2. The first-order valence-corrected chi connectivity index (χ1v) is 19.0. The van der Waals surface area contributed by atoms with Crippen molar-refractivity contribution in [1.82, 2.24) is 35.5 Å². The summed E-state index contributed by atoms with van der Waals surface area (Å²) in [4.78, 5) is 21.1. The Balaban J connectivity index is 0.000000175. The van der Waals surface area contributed by atoms with Crippen LogP contribution in [0.5, 0.6) is 5.75 Å². The average Bonchev–Trinajstić information content (AvgIpc) is 3.95. The van der Waals surface area contributed by atoms with Crippen LogP contribution in [0.25, 0.3) is 21.9 Å². The van der Waals surface area contributed by atoms with Gasteiger partial charge in [-0.3, -0.25) is 14.8 Å². The Kier molecular flexibility index (Phi) is 11.3. The summed E-state index contributed by atoms with van der Waals surface area (Å²) >= 11 is 0. The molecular formula is C38H47N7O4S. The largest absolute Gasteiger partial charge is 0.496 e. The molecule has 2 aliphatic rings. The molecule has 3 aromatic carbocycles. The summed E-state index contributed by atoms with van der Waals surface area (Å²) < 4.78 is 30.4. The lowest BCUT2D eigenvalue weighted by molar-refractivity contribution is 0.0939. The van der Waals surface area contributed by atoms with Gasteiger partial charge in [0.1, 0.15) is 11.3 Å². The van der Waals surface area contributed by atoms with Crippen LogP contribution in [0.2, 0.25) is 0 Å². The van der Waals surface area contributed by atoms with Crippen LogP contribution in [0.1, 0.15) is 47.2 Å². The maximum absolute atomic E-state index is 12.5. The van der Waals surface area contributed by atoms with Gasteiger partial charge in [0.05, 0.1) is 28.8 Å². The van der Waals surface area contributed by atoms with E-state index in [1.54, 1.807) is 43.5 Å². The van der Waals surface area contributed by atoms with Crippen LogP contribution in [0.3, 0.4) is 0 Å². The van der Waals surface area contributed by atoms with Gasteiger partial charge in [-0.2, -0.15) is 0 Å². The van der Waals surface area contributed by atoms with Crippen molar-refractivity contribution in [3.05, 3.63) is 96.2 Å². The number of nitrogens with zero attached hydrogens (tertiary/aromatic N) is 4. The number of methoxy groups -OCH3 is 1. The minimum absolute atomic E-state index is 0.133. The third-order valence-electron chi connectivity index (χ3n) is 9.97. The highest BCUT2D eigenvalue weighted by Crippen LogP contribution is 2.27. The SMILES string of the molecule is C=CCN1CCCC1CNC(=O)c1cc2nn[nH]c2cc1OC.CN1CCC[C@@H]1Cc1c[nH]c2ccc(CCS(=O)(=O)c3ccccc3)cc12. The number of carbonyl (C=O) groups is 1. The Hall–Kier alpha value is -4.52. The Morgan fingerprint density at radius 3 is 2.62 bits per heavy atom. The second-order valence-electron chi connectivity index (χ2n) is 13.2. The van der Waals surface area contributed by atoms with E-state index in [0.29, 0.717) is 46.8 Å². The number of carbonyl (C=O) groups excluding carboxylic acids is 1. The zero-order chi connectivity index (χ0) is 35.1. The number of aromatic nitrogens is 4. The molecule has 2 aliphatic heterocycles. The summed E-state index contributed by atoms with van der Waals surface area (Å²) in [6, 6.07) is 19.4. The molecule has 1 amide bonds. The third-order valence-corrected chi connectivity index (χ3v) is 11.7. The predicted molar refractivity (Wildman–Crippen MR) is 197 cm³/mol. The maximum atomic E-state index is 12.5. The second-order valence-corrected chi connectivity index (χ2v) is 15.3. The van der Waals surface area contributed by atoms with E-state index in [-0.39, 0.29) is 11.7 Å². The van der Waals surface area contributed by atoms with Gasteiger partial charge in [0, 0.05) is 48.3 Å². The summed E-state index contributed by atoms with van der Waals surface area (Å²) in [5.41, 5.74) is 5.39. The van der Waals surface area contributed by atoms with Crippen molar-refractivity contribution in [3.8, 4) is 5.75 Å². The molecule has 0 bridgehead atoms. The van der Waals surface area contributed by atoms with E-state index in [9.17, 15) is 13.2 Å². The summed E-state index contributed by atoms with van der Waals surface area (Å²) in [6.07, 6.45) is 10.4. The average molecular weight is 698 g/mol. The number of likely N-dealkylation sites (N-methyl/N-ethyl adjacent to an activating group) is 1. The smallest absolute Gasteiger partial charge is 0.255 e. The number of fused-ring (bicyclic) bond motifs is 2. The number of hydrogen-bond donors (Lipinski definition) is 3. The first-order valence-electron chi connectivity index (χ1n) is 17.3. The van der Waals surface area contributed by atoms with Crippen molar-refractivity contribution in [3.63, 3.8) is 0 Å². The number of sulfone groups is 1. The molecule has 11 nitrogen and oxygen atoms in total. The maximum Gasteiger partial charge on any atom is 0.255 e. The quantitative estimate of drug-likeness (QED) is 0.152. The standard InChI is InChI=1S/C22H26N2O2S.C16H21N5O2/c1-24-12-5-6-19(24)15-18-16-23-22-10-9-17(14-21(18)22)11-13-27(25,26)20-7-3-2-4-8-20;1-3-6-21-7-4-5-11(21)10-17-16(22)12-8-13-14(19-20-18-13)9-15(12)23-2/h2-4,7-10,14,16,19,23H,5-6,11-13,15H2,1H3;3,8-9,11H,1,4-7,10H2,2H3,(H,17,22)(H,18,19,20)/t19-;/m1./s1. The number of rotatable bonds is 12. The van der Waals surface area contributed by atoms with E-state index in [2.05, 4.69) is 67.5 Å². The van der Waals surface area contributed by atoms with Gasteiger partial charge in [-0.05, 0) is 100 Å². The molecule has 2 atom stereocenters. The summed E-state index contributed by atoms with van der Waals surface area (Å²) in [5, 5.41) is 14.7. The van der Waals surface area contributed by atoms with Crippen LogP contribution in [-0.2, 0) is 22.7 Å². The van der Waals surface area contributed by atoms with Gasteiger partial charge >= 0.3 is 0 Å². The molecule has 50 heavy (non-hydrogen) atoms. The fourth-order valence-electron chi connectivity index (χ4n) is 7.10. The molecule has 3 N–H and O–H groups in total. The van der Waals surface area contributed by atoms with Crippen molar-refractivity contribution in [2.75, 3.05) is 46.1 Å². The molecule has 7 rings (SSSR count). The van der Waals surface area contributed by atoms with E-state index < -0.39 is 9.84 Å². The van der Waals surface area contributed by atoms with Crippen LogP contribution in [-0.4, -0.2) is 103 Å². The van der Waals surface area contributed by atoms with Gasteiger partial charge in [0.25, 0.3) is 5.91 Å². The summed E-state index contributed by atoms with van der Waals surface area (Å²) in [6.45, 7) is 7.49. The Morgan fingerprint density at radius 1 is 1.06 bits per heavy atom. The van der Waals surface area contributed by atoms with Crippen LogP contribution >= 0.6 is 0 Å². The minimum Gasteiger partial charge on any atom is -0.496 e. The molecule has 12 heteroatoms. The molecule has 2 aromatic heterocycles. The predicted octanol–water partition coefficient (Wildman–Crippen LogP) is 5.17. The molecule has 0 aliphatic carbocycles. The molecular weight excluding hydrogens is 651 g/mol. The first kappa shape index (κ1) is 35.3. The van der Waals surface area contributed by atoms with Gasteiger partial charge in [-0.1, -0.05) is 35.6 Å². The fraction of sp³-hybridized carbons (Fsp3) is 0.395. The van der Waals surface area contributed by atoms with Crippen molar-refractivity contribution in [2.24, 2.45) is 0 Å². The monoisotopic (exact) mass is 697 g/mol. The van der Waals surface area contributed by atoms with E-state index in [1.165, 1.54) is 30.3 Å². The molecule has 5 aromatic rings. The lowest BCUT2D eigenvalue weighted by Gasteiger charge is -2.23. The second kappa shape index (κ2) is 16.0. The number of amides is 1. The molecule has 0 saturated carbocycles. The van der Waals surface area contributed by atoms with Gasteiger partial charge < -0.3 is 19.9 Å². The van der Waals surface area contributed by atoms with Crippen LogP contribution in [0.4, 0.5) is 0 Å². The van der Waals surface area contributed by atoms with Gasteiger partial charge in [0.2, 0.25) is 0 Å². The van der Waals surface area contributed by atoms with Crippen LogP contribution < -0.4 is 10.1 Å². The number of hydrogen-bond acceptors (Lipinski definition) is 8. The summed E-state index contributed by atoms with van der Waals surface area (Å²) in [7, 11) is 0.498. The van der Waals surface area contributed by atoms with Crippen molar-refractivity contribution < 1.29 is 17.9 Å². The molecule has 0 spiro atoms. The van der Waals surface area contributed by atoms with Gasteiger partial charge in [-0.25, -0.2) is 8.42 Å². The molecule has 0 radical (unpaired) electrons. The topological polar surface area (TPSA) is 136 Å². The van der Waals surface area contributed by atoms with Crippen molar-refractivity contribution >= 4 is 37.7 Å². The number of likely N-dealkylation sites (tertiary alicyclic amines) is 2. The molecule has 2 saturated heterocycles. The van der Waals surface area contributed by atoms with Crippen LogP contribution in [0, 0.1) is 0 Å². The molecule has 2 fully saturated rings. The number of H-pyrrole nitrogens is 2. The van der Waals surface area contributed by atoms with Gasteiger partial charge in [-0.15, -0.1) is 11.7 Å². The number of benzene rings is 3. The fourth-order valence-corrected chi connectivity index (χ4v) is 8.41. The number of ether oxygens (including phenoxy) is 1. The number of aryl methyl sites for hydroxylation is 1. The van der Waals surface area contributed by atoms with E-state index in [1.807, 2.05) is 18.2 Å². The minimum atomic E-state index is -3.25.